The van der Waals surface area contributed by atoms with E-state index in [9.17, 15) is 26.8 Å². The van der Waals surface area contributed by atoms with Gasteiger partial charge < -0.3 is 10.2 Å². The summed E-state index contributed by atoms with van der Waals surface area (Å²) in [4.78, 5) is 27.1. The Hall–Kier alpha value is -2.28. The Morgan fingerprint density at radius 2 is 1.51 bits per heavy atom. The highest BCUT2D eigenvalue weighted by atomic mass is 35.5. The van der Waals surface area contributed by atoms with Crippen molar-refractivity contribution in [3.63, 3.8) is 0 Å². The number of benzene rings is 1. The number of amides is 3. The van der Waals surface area contributed by atoms with E-state index in [1.165, 1.54) is 10.4 Å². The number of sulfonamides is 1. The van der Waals surface area contributed by atoms with E-state index in [2.05, 4.69) is 5.32 Å². The molecule has 190 valence electrons. The van der Waals surface area contributed by atoms with Gasteiger partial charge in [-0.05, 0) is 50.3 Å². The number of carbonyl (C=O) groups excluding carboxylic acids is 2. The molecule has 0 radical (unpaired) electrons. The van der Waals surface area contributed by atoms with E-state index in [0.717, 1.165) is 49.9 Å². The predicted molar refractivity (Wildman–Crippen MR) is 131 cm³/mol. The van der Waals surface area contributed by atoms with Gasteiger partial charge in [0, 0.05) is 26.2 Å². The van der Waals surface area contributed by atoms with Crippen LogP contribution in [0.1, 0.15) is 48.9 Å². The zero-order chi connectivity index (χ0) is 25.2. The van der Waals surface area contributed by atoms with Crippen molar-refractivity contribution >= 4 is 55.6 Å². The van der Waals surface area contributed by atoms with Gasteiger partial charge >= 0.3 is 6.03 Å². The van der Waals surface area contributed by atoms with Crippen molar-refractivity contribution in [1.82, 2.24) is 9.62 Å². The smallest absolute Gasteiger partial charge is 0.326 e. The Balaban J connectivity index is 1.57. The number of nitrogens with zero attached hydrogens (tertiary/aromatic N) is 2. The van der Waals surface area contributed by atoms with Gasteiger partial charge in [0.25, 0.3) is 15.9 Å². The zero-order valence-corrected chi connectivity index (χ0v) is 21.2. The number of imide groups is 1. The van der Waals surface area contributed by atoms with Gasteiger partial charge in [0.1, 0.15) is 9.21 Å². The number of halogens is 3. The van der Waals surface area contributed by atoms with Crippen molar-refractivity contribution < 1.29 is 26.8 Å². The average molecular weight is 547 g/mol. The van der Waals surface area contributed by atoms with Gasteiger partial charge in [-0.25, -0.2) is 22.0 Å². The maximum Gasteiger partial charge on any atom is 0.326 e. The summed E-state index contributed by atoms with van der Waals surface area (Å²) in [6, 6.07) is 1.71. The Morgan fingerprint density at radius 3 is 2.17 bits per heavy atom. The highest BCUT2D eigenvalue weighted by Gasteiger charge is 2.31. The molecule has 1 aromatic heterocycles. The normalized spacial score (nSPS) is 17.3. The lowest BCUT2D eigenvalue weighted by molar-refractivity contribution is 0.0966. The molecule has 2 aliphatic heterocycles. The van der Waals surface area contributed by atoms with Crippen LogP contribution in [0.2, 0.25) is 5.02 Å². The number of carbonyl (C=O) groups is 2. The molecule has 3 amide bonds. The van der Waals surface area contributed by atoms with Crippen LogP contribution in [-0.4, -0.2) is 50.8 Å². The number of anilines is 2. The van der Waals surface area contributed by atoms with E-state index in [1.54, 1.807) is 0 Å². The van der Waals surface area contributed by atoms with Gasteiger partial charge in [0.05, 0.1) is 16.3 Å². The van der Waals surface area contributed by atoms with Crippen LogP contribution in [0.3, 0.4) is 0 Å². The first-order valence-corrected chi connectivity index (χ1v) is 14.0. The minimum absolute atomic E-state index is 0.116. The number of urea groups is 1. The van der Waals surface area contributed by atoms with Crippen LogP contribution in [0.4, 0.5) is 24.3 Å². The molecule has 2 aromatic rings. The van der Waals surface area contributed by atoms with E-state index in [0.29, 0.717) is 43.3 Å². The molecule has 0 atom stereocenters. The number of nitrogens with one attached hydrogen (secondary N) is 2. The first-order valence-electron chi connectivity index (χ1n) is 11.3. The number of thiophene rings is 1. The first-order chi connectivity index (χ1) is 16.7. The molecule has 0 saturated carbocycles. The van der Waals surface area contributed by atoms with Gasteiger partial charge in [0.15, 0.2) is 11.6 Å². The molecule has 2 fully saturated rings. The summed E-state index contributed by atoms with van der Waals surface area (Å²) in [7, 11) is -3.73. The number of hydrogen-bond acceptors (Lipinski definition) is 6. The Labute approximate surface area is 211 Å². The lowest BCUT2D eigenvalue weighted by Gasteiger charge is -2.28. The molecule has 2 aliphatic rings. The van der Waals surface area contributed by atoms with E-state index < -0.39 is 39.2 Å². The largest absolute Gasteiger partial charge is 0.362 e. The second-order valence-corrected chi connectivity index (χ2v) is 12.1. The summed E-state index contributed by atoms with van der Waals surface area (Å²) in [5.41, 5.74) is -0.148. The molecule has 0 aliphatic carbocycles. The molecular weight excluding hydrogens is 522 g/mol. The van der Waals surface area contributed by atoms with Gasteiger partial charge in [-0.15, -0.1) is 11.3 Å². The molecule has 4 rings (SSSR count). The molecule has 2 N–H and O–H groups in total. The zero-order valence-electron chi connectivity index (χ0n) is 18.8. The fourth-order valence-corrected chi connectivity index (χ4v) is 7.53. The monoisotopic (exact) mass is 546 g/mol. The molecule has 8 nitrogen and oxygen atoms in total. The second-order valence-electron chi connectivity index (χ2n) is 8.45. The summed E-state index contributed by atoms with van der Waals surface area (Å²) >= 11 is 6.90. The second kappa shape index (κ2) is 10.8. The van der Waals surface area contributed by atoms with Crippen molar-refractivity contribution in [3.8, 4) is 0 Å². The van der Waals surface area contributed by atoms with Crippen LogP contribution < -0.4 is 15.5 Å². The van der Waals surface area contributed by atoms with Crippen LogP contribution in [0.25, 0.3) is 0 Å². The number of rotatable bonds is 5. The quantitative estimate of drug-likeness (QED) is 0.525. The fourth-order valence-electron chi connectivity index (χ4n) is 4.16. The number of piperidine rings is 2. The third-order valence-corrected chi connectivity index (χ3v) is 9.83. The minimum atomic E-state index is -3.73. The maximum absolute atomic E-state index is 13.6. The van der Waals surface area contributed by atoms with Crippen LogP contribution in [0.15, 0.2) is 22.4 Å². The lowest BCUT2D eigenvalue weighted by Crippen LogP contribution is -2.35. The van der Waals surface area contributed by atoms with Crippen LogP contribution >= 0.6 is 22.9 Å². The van der Waals surface area contributed by atoms with Gasteiger partial charge in [-0.2, -0.15) is 4.31 Å². The standard InChI is InChI=1S/C22H25ClF2N4O4S2/c23-15-12-17(25)16(24)11-14(15)20(30)27-22(31)26-18-13-19(34-21(18)28-7-3-1-4-8-28)35(32,33)29-9-5-2-6-10-29/h11-13H,1-10H2,(H2,26,27,30,31). The summed E-state index contributed by atoms with van der Waals surface area (Å²) < 4.78 is 54.9. The Morgan fingerprint density at radius 1 is 0.914 bits per heavy atom. The first kappa shape index (κ1) is 25.8. The molecule has 1 aromatic carbocycles. The lowest BCUT2D eigenvalue weighted by atomic mass is 10.1. The van der Waals surface area contributed by atoms with Gasteiger partial charge in [-0.1, -0.05) is 18.0 Å². The summed E-state index contributed by atoms with van der Waals surface area (Å²) in [6.45, 7) is 2.32. The fraction of sp³-hybridized carbons (Fsp3) is 0.455. The third-order valence-electron chi connectivity index (χ3n) is 5.97. The van der Waals surface area contributed by atoms with Crippen LogP contribution in [-0.2, 0) is 10.0 Å². The average Bonchev–Trinajstić information content (AvgIpc) is 3.27. The molecule has 0 bridgehead atoms. The van der Waals surface area contributed by atoms with Crippen molar-refractivity contribution in [3.05, 3.63) is 40.4 Å². The molecule has 13 heteroatoms. The summed E-state index contributed by atoms with van der Waals surface area (Å²) in [5, 5.41) is 4.83. The van der Waals surface area contributed by atoms with E-state index >= 15 is 0 Å². The van der Waals surface area contributed by atoms with Crippen LogP contribution in [0, 0.1) is 11.6 Å². The van der Waals surface area contributed by atoms with Crippen molar-refractivity contribution in [2.45, 2.75) is 42.7 Å². The van der Waals surface area contributed by atoms with E-state index in [4.69, 9.17) is 11.6 Å². The molecule has 3 heterocycles. The van der Waals surface area contributed by atoms with Crippen molar-refractivity contribution in [2.24, 2.45) is 0 Å². The molecular formula is C22H25ClF2N4O4S2. The number of hydrogen-bond donors (Lipinski definition) is 2. The molecule has 0 spiro atoms. The highest BCUT2D eigenvalue weighted by Crippen LogP contribution is 2.41. The van der Waals surface area contributed by atoms with Gasteiger partial charge in [-0.3, -0.25) is 10.1 Å². The third kappa shape index (κ3) is 5.76. The van der Waals surface area contributed by atoms with Crippen molar-refractivity contribution in [2.75, 3.05) is 36.4 Å². The summed E-state index contributed by atoms with van der Waals surface area (Å²) in [6.07, 6.45) is 5.51. The maximum atomic E-state index is 13.6. The van der Waals surface area contributed by atoms with Crippen LogP contribution in [0.5, 0.6) is 0 Å². The Bertz CT molecular complexity index is 1230. The molecule has 35 heavy (non-hydrogen) atoms. The minimum Gasteiger partial charge on any atom is -0.362 e. The van der Waals surface area contributed by atoms with Gasteiger partial charge in [0.2, 0.25) is 0 Å². The Kier molecular flexibility index (Phi) is 7.94. The summed E-state index contributed by atoms with van der Waals surface area (Å²) in [5.74, 6) is -3.53. The van der Waals surface area contributed by atoms with E-state index in [-0.39, 0.29) is 14.9 Å². The highest BCUT2D eigenvalue weighted by molar-refractivity contribution is 7.91. The molecule has 2 saturated heterocycles. The molecule has 0 unspecified atom stereocenters. The SMILES string of the molecule is O=C(NC(=O)c1cc(F)c(F)cc1Cl)Nc1cc(S(=O)(=O)N2CCCCC2)sc1N1CCCCC1. The van der Waals surface area contributed by atoms with E-state index in [1.807, 2.05) is 10.2 Å². The topological polar surface area (TPSA) is 98.8 Å². The predicted octanol–water partition coefficient (Wildman–Crippen LogP) is 4.81. The van der Waals surface area contributed by atoms with Crippen molar-refractivity contribution in [1.29, 1.82) is 0 Å².